The van der Waals surface area contributed by atoms with Crippen LogP contribution in [0.4, 0.5) is 11.4 Å². The van der Waals surface area contributed by atoms with E-state index in [0.717, 1.165) is 35.9 Å². The lowest BCUT2D eigenvalue weighted by molar-refractivity contribution is -0.116. The number of nitrogens with one attached hydrogen (secondary N) is 1. The van der Waals surface area contributed by atoms with Gasteiger partial charge in [0.1, 0.15) is 0 Å². The molecule has 0 radical (unpaired) electrons. The zero-order chi connectivity index (χ0) is 15.2. The van der Waals surface area contributed by atoms with Gasteiger partial charge in [-0.15, -0.1) is 0 Å². The molecule has 0 aliphatic carbocycles. The molecule has 0 bridgehead atoms. The second-order valence-corrected chi connectivity index (χ2v) is 6.60. The molecular weight excluding hydrogens is 284 g/mol. The molecule has 0 aromatic heterocycles. The van der Waals surface area contributed by atoms with Crippen molar-refractivity contribution < 1.29 is 4.79 Å². The molecule has 1 amide bonds. The van der Waals surface area contributed by atoms with Crippen molar-refractivity contribution in [2.45, 2.75) is 46.0 Å². The minimum Gasteiger partial charge on any atom is -0.370 e. The van der Waals surface area contributed by atoms with Crippen LogP contribution in [0.3, 0.4) is 0 Å². The SMILES string of the molecule is CC(C)CCC(=O)Nc1ccc(N2CCCCC2)c(Cl)c1. The molecule has 1 heterocycles. The van der Waals surface area contributed by atoms with Crippen molar-refractivity contribution in [3.63, 3.8) is 0 Å². The van der Waals surface area contributed by atoms with E-state index in [0.29, 0.717) is 12.3 Å². The van der Waals surface area contributed by atoms with Gasteiger partial charge in [-0.3, -0.25) is 4.79 Å². The van der Waals surface area contributed by atoms with E-state index in [-0.39, 0.29) is 5.91 Å². The summed E-state index contributed by atoms with van der Waals surface area (Å²) in [6.07, 6.45) is 5.22. The highest BCUT2D eigenvalue weighted by atomic mass is 35.5. The van der Waals surface area contributed by atoms with Crippen LogP contribution in [0.25, 0.3) is 0 Å². The highest BCUT2D eigenvalue weighted by molar-refractivity contribution is 6.33. The number of amides is 1. The Bertz CT molecular complexity index is 482. The van der Waals surface area contributed by atoms with Crippen LogP contribution in [0, 0.1) is 5.92 Å². The Hall–Kier alpha value is -1.22. The number of rotatable bonds is 5. The van der Waals surface area contributed by atoms with Gasteiger partial charge in [-0.05, 0) is 49.8 Å². The highest BCUT2D eigenvalue weighted by Crippen LogP contribution is 2.30. The number of hydrogen-bond acceptors (Lipinski definition) is 2. The minimum atomic E-state index is 0.0606. The summed E-state index contributed by atoms with van der Waals surface area (Å²) >= 11 is 6.38. The molecule has 1 aliphatic heterocycles. The third kappa shape index (κ3) is 4.92. The summed E-state index contributed by atoms with van der Waals surface area (Å²) in [5, 5.41) is 3.65. The van der Waals surface area contributed by atoms with E-state index >= 15 is 0 Å². The van der Waals surface area contributed by atoms with Gasteiger partial charge in [0.25, 0.3) is 0 Å². The first kappa shape index (κ1) is 16.2. The molecule has 0 atom stereocenters. The van der Waals surface area contributed by atoms with E-state index in [4.69, 9.17) is 11.6 Å². The van der Waals surface area contributed by atoms with E-state index in [9.17, 15) is 4.79 Å². The summed E-state index contributed by atoms with van der Waals surface area (Å²) in [6, 6.07) is 5.83. The molecule has 1 aliphatic rings. The van der Waals surface area contributed by atoms with E-state index in [1.54, 1.807) is 0 Å². The van der Waals surface area contributed by atoms with Crippen LogP contribution in [-0.4, -0.2) is 19.0 Å². The lowest BCUT2D eigenvalue weighted by Gasteiger charge is -2.29. The Balaban J connectivity index is 1.96. The third-order valence-electron chi connectivity index (χ3n) is 3.88. The van der Waals surface area contributed by atoms with Crippen LogP contribution < -0.4 is 10.2 Å². The van der Waals surface area contributed by atoms with Crippen LogP contribution in [0.1, 0.15) is 46.0 Å². The molecule has 1 aromatic rings. The molecule has 0 saturated carbocycles. The Labute approximate surface area is 132 Å². The van der Waals surface area contributed by atoms with Crippen LogP contribution in [0.15, 0.2) is 18.2 Å². The molecule has 2 rings (SSSR count). The lowest BCUT2D eigenvalue weighted by atomic mass is 10.1. The summed E-state index contributed by atoms with van der Waals surface area (Å²) < 4.78 is 0. The maximum atomic E-state index is 11.9. The van der Waals surface area contributed by atoms with Crippen LogP contribution in [-0.2, 0) is 4.79 Å². The van der Waals surface area contributed by atoms with Crippen LogP contribution in [0.5, 0.6) is 0 Å². The summed E-state index contributed by atoms with van der Waals surface area (Å²) in [7, 11) is 0. The first-order chi connectivity index (χ1) is 10.1. The quantitative estimate of drug-likeness (QED) is 0.854. The smallest absolute Gasteiger partial charge is 0.224 e. The summed E-state index contributed by atoms with van der Waals surface area (Å²) in [5.74, 6) is 0.603. The Morgan fingerprint density at radius 3 is 2.62 bits per heavy atom. The molecular formula is C17H25ClN2O. The van der Waals surface area contributed by atoms with Crippen molar-refractivity contribution in [1.29, 1.82) is 0 Å². The first-order valence-electron chi connectivity index (χ1n) is 7.90. The molecule has 3 nitrogen and oxygen atoms in total. The maximum absolute atomic E-state index is 11.9. The van der Waals surface area contributed by atoms with Gasteiger partial charge in [-0.25, -0.2) is 0 Å². The van der Waals surface area contributed by atoms with Crippen LogP contribution in [0.2, 0.25) is 5.02 Å². The van der Waals surface area contributed by atoms with E-state index < -0.39 is 0 Å². The summed E-state index contributed by atoms with van der Waals surface area (Å²) in [5.41, 5.74) is 1.87. The number of nitrogens with zero attached hydrogens (tertiary/aromatic N) is 1. The van der Waals surface area contributed by atoms with Gasteiger partial charge < -0.3 is 10.2 Å². The molecule has 1 aromatic carbocycles. The topological polar surface area (TPSA) is 32.3 Å². The lowest BCUT2D eigenvalue weighted by Crippen LogP contribution is -2.29. The Morgan fingerprint density at radius 2 is 2.00 bits per heavy atom. The number of halogens is 1. The average Bonchev–Trinajstić information content (AvgIpc) is 2.46. The van der Waals surface area contributed by atoms with Crippen molar-refractivity contribution in [1.82, 2.24) is 0 Å². The fourth-order valence-electron chi connectivity index (χ4n) is 2.62. The molecule has 21 heavy (non-hydrogen) atoms. The van der Waals surface area contributed by atoms with Gasteiger partial charge in [0.05, 0.1) is 10.7 Å². The van der Waals surface area contributed by atoms with Crippen molar-refractivity contribution in [3.05, 3.63) is 23.2 Å². The van der Waals surface area contributed by atoms with Crippen LogP contribution >= 0.6 is 11.6 Å². The van der Waals surface area contributed by atoms with E-state index in [1.807, 2.05) is 18.2 Å². The zero-order valence-electron chi connectivity index (χ0n) is 13.0. The first-order valence-corrected chi connectivity index (χ1v) is 8.28. The average molecular weight is 309 g/mol. The maximum Gasteiger partial charge on any atom is 0.224 e. The van der Waals surface area contributed by atoms with Gasteiger partial charge in [0.15, 0.2) is 0 Å². The molecule has 0 unspecified atom stereocenters. The predicted octanol–water partition coefficient (Wildman–Crippen LogP) is 4.71. The number of anilines is 2. The second-order valence-electron chi connectivity index (χ2n) is 6.19. The van der Waals surface area contributed by atoms with E-state index in [2.05, 4.69) is 24.1 Å². The summed E-state index contributed by atoms with van der Waals surface area (Å²) in [4.78, 5) is 14.2. The largest absolute Gasteiger partial charge is 0.370 e. The molecule has 0 spiro atoms. The number of carbonyl (C=O) groups is 1. The number of benzene rings is 1. The molecule has 1 saturated heterocycles. The zero-order valence-corrected chi connectivity index (χ0v) is 13.7. The predicted molar refractivity (Wildman–Crippen MR) is 90.2 cm³/mol. The second kappa shape index (κ2) is 7.69. The van der Waals surface area contributed by atoms with Crippen molar-refractivity contribution >= 4 is 28.9 Å². The third-order valence-corrected chi connectivity index (χ3v) is 4.18. The van der Waals surface area contributed by atoms with E-state index in [1.165, 1.54) is 19.3 Å². The van der Waals surface area contributed by atoms with Crippen molar-refractivity contribution in [3.8, 4) is 0 Å². The number of hydrogen-bond donors (Lipinski definition) is 1. The molecule has 1 fully saturated rings. The normalized spacial score (nSPS) is 15.3. The van der Waals surface area contributed by atoms with Gasteiger partial charge >= 0.3 is 0 Å². The molecule has 4 heteroatoms. The number of carbonyl (C=O) groups excluding carboxylic acids is 1. The van der Waals surface area contributed by atoms with Gasteiger partial charge in [0, 0.05) is 25.2 Å². The van der Waals surface area contributed by atoms with Gasteiger partial charge in [-0.1, -0.05) is 25.4 Å². The highest BCUT2D eigenvalue weighted by Gasteiger charge is 2.14. The fraction of sp³-hybridized carbons (Fsp3) is 0.588. The fourth-order valence-corrected chi connectivity index (χ4v) is 2.92. The minimum absolute atomic E-state index is 0.0606. The van der Waals surface area contributed by atoms with Crippen molar-refractivity contribution in [2.24, 2.45) is 5.92 Å². The van der Waals surface area contributed by atoms with Gasteiger partial charge in [0.2, 0.25) is 5.91 Å². The standard InChI is InChI=1S/C17H25ClN2O/c1-13(2)6-9-17(21)19-14-7-8-16(15(18)12-14)20-10-4-3-5-11-20/h7-8,12-13H,3-6,9-11H2,1-2H3,(H,19,21). The molecule has 1 N–H and O–H groups in total. The Morgan fingerprint density at radius 1 is 1.29 bits per heavy atom. The van der Waals surface area contributed by atoms with Gasteiger partial charge in [-0.2, -0.15) is 0 Å². The summed E-state index contributed by atoms with van der Waals surface area (Å²) in [6.45, 7) is 6.38. The monoisotopic (exact) mass is 308 g/mol. The molecule has 116 valence electrons. The van der Waals surface area contributed by atoms with Crippen molar-refractivity contribution in [2.75, 3.05) is 23.3 Å². The Kier molecular flexibility index (Phi) is 5.92. The number of piperidine rings is 1.